The van der Waals surface area contributed by atoms with Crippen LogP contribution in [0.25, 0.3) is 0 Å². The van der Waals surface area contributed by atoms with Gasteiger partial charge in [-0.25, -0.2) is 0 Å². The Morgan fingerprint density at radius 3 is 2.68 bits per heavy atom. The summed E-state index contributed by atoms with van der Waals surface area (Å²) in [5.41, 5.74) is 12.1. The molecule has 0 heterocycles. The molecular formula is C16H20N2O. The molecule has 0 saturated carbocycles. The van der Waals surface area contributed by atoms with E-state index in [1.54, 1.807) is 12.1 Å². The predicted octanol–water partition coefficient (Wildman–Crippen LogP) is 3.67. The number of nitrogen functional groups attached to an aromatic ring is 1. The Morgan fingerprint density at radius 2 is 2.05 bits per heavy atom. The van der Waals surface area contributed by atoms with Crippen molar-refractivity contribution < 1.29 is 4.79 Å². The summed E-state index contributed by atoms with van der Waals surface area (Å²) in [6, 6.07) is 7.21. The number of amides is 1. The molecule has 0 fully saturated rings. The fourth-order valence-corrected chi connectivity index (χ4v) is 1.72. The van der Waals surface area contributed by atoms with E-state index < -0.39 is 0 Å². The summed E-state index contributed by atoms with van der Waals surface area (Å²) < 4.78 is 0. The number of nitrogens with one attached hydrogen (secondary N) is 1. The Labute approximate surface area is 114 Å². The molecule has 1 aromatic rings. The Bertz CT molecular complexity index is 537. The number of allylic oxidation sites excluding steroid dienone is 1. The second kappa shape index (κ2) is 7.24. The van der Waals surface area contributed by atoms with Gasteiger partial charge in [0.2, 0.25) is 5.91 Å². The van der Waals surface area contributed by atoms with Crippen molar-refractivity contribution >= 4 is 17.3 Å². The first-order valence-electron chi connectivity index (χ1n) is 6.20. The topological polar surface area (TPSA) is 55.1 Å². The molecule has 1 rings (SSSR count). The van der Waals surface area contributed by atoms with Gasteiger partial charge >= 0.3 is 0 Å². The molecule has 3 N–H and O–H groups in total. The molecule has 0 aromatic heterocycles. The number of para-hydroxylation sites is 2. The van der Waals surface area contributed by atoms with Crippen LogP contribution in [-0.4, -0.2) is 5.91 Å². The van der Waals surface area contributed by atoms with E-state index >= 15 is 0 Å². The van der Waals surface area contributed by atoms with E-state index in [1.165, 1.54) is 0 Å². The van der Waals surface area contributed by atoms with Crippen molar-refractivity contribution in [3.05, 3.63) is 53.8 Å². The summed E-state index contributed by atoms with van der Waals surface area (Å²) in [7, 11) is 0. The molecule has 1 aromatic carbocycles. The lowest BCUT2D eigenvalue weighted by molar-refractivity contribution is -0.115. The molecule has 19 heavy (non-hydrogen) atoms. The lowest BCUT2D eigenvalue weighted by Crippen LogP contribution is -2.12. The van der Waals surface area contributed by atoms with Crippen molar-refractivity contribution in [3.8, 4) is 0 Å². The largest absolute Gasteiger partial charge is 0.397 e. The average Bonchev–Trinajstić information content (AvgIpc) is 2.31. The number of rotatable bonds is 5. The number of carbonyl (C=O) groups excluding carboxylic acids is 1. The molecule has 0 radical (unpaired) electrons. The van der Waals surface area contributed by atoms with Crippen LogP contribution in [-0.2, 0) is 4.79 Å². The number of benzene rings is 1. The Kier molecular flexibility index (Phi) is 5.65. The second-order valence-corrected chi connectivity index (χ2v) is 4.49. The maximum absolute atomic E-state index is 11.9. The van der Waals surface area contributed by atoms with E-state index in [0.29, 0.717) is 17.8 Å². The molecule has 0 spiro atoms. The van der Waals surface area contributed by atoms with Crippen molar-refractivity contribution in [2.75, 3.05) is 11.1 Å². The minimum Gasteiger partial charge on any atom is -0.397 e. The summed E-state index contributed by atoms with van der Waals surface area (Å²) in [5, 5.41) is 2.79. The van der Waals surface area contributed by atoms with Gasteiger partial charge in [-0.05, 0) is 43.5 Å². The van der Waals surface area contributed by atoms with Crippen molar-refractivity contribution in [1.82, 2.24) is 0 Å². The minimum atomic E-state index is -0.0886. The first-order valence-corrected chi connectivity index (χ1v) is 6.20. The van der Waals surface area contributed by atoms with Gasteiger partial charge in [0.05, 0.1) is 17.8 Å². The summed E-state index contributed by atoms with van der Waals surface area (Å²) in [5.74, 6) is -0.0886. The highest BCUT2D eigenvalue weighted by Crippen LogP contribution is 2.17. The van der Waals surface area contributed by atoms with Crippen LogP contribution in [0.4, 0.5) is 11.4 Å². The third-order valence-corrected chi connectivity index (χ3v) is 2.54. The SMILES string of the molecule is C=CCC(C)=C=C(C)CC(=O)Nc1ccccc1N. The second-order valence-electron chi connectivity index (χ2n) is 4.49. The number of anilines is 2. The highest BCUT2D eigenvalue weighted by molar-refractivity contribution is 5.94. The smallest absolute Gasteiger partial charge is 0.229 e. The number of nitrogens with two attached hydrogens (primary N) is 1. The zero-order valence-corrected chi connectivity index (χ0v) is 11.5. The third kappa shape index (κ3) is 5.28. The van der Waals surface area contributed by atoms with Gasteiger partial charge < -0.3 is 11.1 Å². The van der Waals surface area contributed by atoms with Gasteiger partial charge in [-0.1, -0.05) is 18.2 Å². The minimum absolute atomic E-state index is 0.0886. The molecule has 0 aliphatic heterocycles. The molecular weight excluding hydrogens is 236 g/mol. The number of carbonyl (C=O) groups is 1. The zero-order valence-electron chi connectivity index (χ0n) is 11.5. The predicted molar refractivity (Wildman–Crippen MR) is 80.8 cm³/mol. The fourth-order valence-electron chi connectivity index (χ4n) is 1.72. The van der Waals surface area contributed by atoms with Crippen molar-refractivity contribution in [2.24, 2.45) is 0 Å². The summed E-state index contributed by atoms with van der Waals surface area (Å²) in [6.07, 6.45) is 2.91. The molecule has 0 aliphatic carbocycles. The molecule has 0 aliphatic rings. The molecule has 3 nitrogen and oxygen atoms in total. The standard InChI is InChI=1S/C16H20N2O/c1-4-7-12(2)10-13(3)11-16(19)18-15-9-6-5-8-14(15)17/h4-6,8-9H,1,7,11,17H2,2-3H3,(H,18,19). The highest BCUT2D eigenvalue weighted by Gasteiger charge is 2.05. The van der Waals surface area contributed by atoms with Gasteiger partial charge in [-0.15, -0.1) is 12.3 Å². The molecule has 100 valence electrons. The quantitative estimate of drug-likeness (QED) is 0.480. The summed E-state index contributed by atoms with van der Waals surface area (Å²) in [4.78, 5) is 11.9. The van der Waals surface area contributed by atoms with Crippen molar-refractivity contribution in [1.29, 1.82) is 0 Å². The molecule has 0 bridgehead atoms. The Hall–Kier alpha value is -2.25. The zero-order chi connectivity index (χ0) is 14.3. The van der Waals surface area contributed by atoms with Crippen LogP contribution in [0.5, 0.6) is 0 Å². The highest BCUT2D eigenvalue weighted by atomic mass is 16.1. The maximum atomic E-state index is 11.9. The molecule has 0 unspecified atom stereocenters. The first kappa shape index (κ1) is 14.8. The van der Waals surface area contributed by atoms with Gasteiger partial charge in [0.25, 0.3) is 0 Å². The lowest BCUT2D eigenvalue weighted by Gasteiger charge is -2.07. The van der Waals surface area contributed by atoms with E-state index in [1.807, 2.05) is 32.1 Å². The molecule has 0 saturated heterocycles. The Balaban J connectivity index is 2.69. The monoisotopic (exact) mass is 256 g/mol. The van der Waals surface area contributed by atoms with Gasteiger partial charge in [0.15, 0.2) is 0 Å². The van der Waals surface area contributed by atoms with E-state index in [-0.39, 0.29) is 5.91 Å². The van der Waals surface area contributed by atoms with E-state index in [0.717, 1.165) is 17.6 Å². The third-order valence-electron chi connectivity index (χ3n) is 2.54. The van der Waals surface area contributed by atoms with E-state index in [4.69, 9.17) is 5.73 Å². The van der Waals surface area contributed by atoms with Crippen LogP contribution in [0, 0.1) is 0 Å². The van der Waals surface area contributed by atoms with Gasteiger partial charge in [-0.2, -0.15) is 0 Å². The summed E-state index contributed by atoms with van der Waals surface area (Å²) >= 11 is 0. The van der Waals surface area contributed by atoms with Crippen LogP contribution in [0.1, 0.15) is 26.7 Å². The normalized spacial score (nSPS) is 9.37. The van der Waals surface area contributed by atoms with Crippen LogP contribution < -0.4 is 11.1 Å². The molecule has 1 amide bonds. The van der Waals surface area contributed by atoms with E-state index in [9.17, 15) is 4.79 Å². The Morgan fingerprint density at radius 1 is 1.37 bits per heavy atom. The average molecular weight is 256 g/mol. The lowest BCUT2D eigenvalue weighted by atomic mass is 10.1. The molecule has 3 heteroatoms. The van der Waals surface area contributed by atoms with Gasteiger partial charge in [0.1, 0.15) is 0 Å². The van der Waals surface area contributed by atoms with Crippen LogP contribution in [0.3, 0.4) is 0 Å². The number of hydrogen-bond acceptors (Lipinski definition) is 2. The van der Waals surface area contributed by atoms with Gasteiger partial charge in [0, 0.05) is 0 Å². The van der Waals surface area contributed by atoms with Crippen LogP contribution in [0.15, 0.2) is 53.8 Å². The summed E-state index contributed by atoms with van der Waals surface area (Å²) in [6.45, 7) is 7.53. The first-order chi connectivity index (χ1) is 9.02. The van der Waals surface area contributed by atoms with Crippen molar-refractivity contribution in [2.45, 2.75) is 26.7 Å². The van der Waals surface area contributed by atoms with Crippen molar-refractivity contribution in [3.63, 3.8) is 0 Å². The fraction of sp³-hybridized carbons (Fsp3) is 0.250. The number of hydrogen-bond donors (Lipinski definition) is 2. The van der Waals surface area contributed by atoms with Crippen LogP contribution in [0.2, 0.25) is 0 Å². The van der Waals surface area contributed by atoms with Crippen LogP contribution >= 0.6 is 0 Å². The van der Waals surface area contributed by atoms with Gasteiger partial charge in [-0.3, -0.25) is 4.79 Å². The maximum Gasteiger partial charge on any atom is 0.229 e. The molecule has 0 atom stereocenters. The van der Waals surface area contributed by atoms with E-state index in [2.05, 4.69) is 17.6 Å².